The second-order valence-corrected chi connectivity index (χ2v) is 10.3. The van der Waals surface area contributed by atoms with Gasteiger partial charge in [0.25, 0.3) is 11.5 Å². The van der Waals surface area contributed by atoms with E-state index in [0.29, 0.717) is 37.8 Å². The quantitative estimate of drug-likeness (QED) is 0.404. The van der Waals surface area contributed by atoms with Crippen LogP contribution in [0.2, 0.25) is 0 Å². The van der Waals surface area contributed by atoms with Crippen LogP contribution >= 0.6 is 11.3 Å². The van der Waals surface area contributed by atoms with Crippen molar-refractivity contribution in [3.05, 3.63) is 132 Å². The Hall–Kier alpha value is -4.10. The highest BCUT2D eigenvalue weighted by Crippen LogP contribution is 2.31. The first-order chi connectivity index (χ1) is 17.8. The van der Waals surface area contributed by atoms with Crippen LogP contribution in [0.25, 0.3) is 6.08 Å². The number of hydrogen-bond donors (Lipinski definition) is 1. The van der Waals surface area contributed by atoms with Crippen LogP contribution < -0.4 is 20.2 Å². The lowest BCUT2D eigenvalue weighted by molar-refractivity contribution is -0.113. The van der Waals surface area contributed by atoms with Crippen LogP contribution in [0.4, 0.5) is 10.1 Å². The molecule has 3 aromatic carbocycles. The van der Waals surface area contributed by atoms with Gasteiger partial charge in [0.15, 0.2) is 4.80 Å². The molecule has 186 valence electrons. The van der Waals surface area contributed by atoms with Gasteiger partial charge in [0.1, 0.15) is 5.82 Å². The van der Waals surface area contributed by atoms with Crippen molar-refractivity contribution < 1.29 is 9.18 Å². The van der Waals surface area contributed by atoms with Gasteiger partial charge in [-0.25, -0.2) is 9.38 Å². The summed E-state index contributed by atoms with van der Waals surface area (Å²) in [4.78, 5) is 32.4. The molecule has 1 N–H and O–H groups in total. The summed E-state index contributed by atoms with van der Waals surface area (Å²) >= 11 is 1.28. The lowest BCUT2D eigenvalue weighted by Gasteiger charge is -2.25. The second kappa shape index (κ2) is 10.1. The summed E-state index contributed by atoms with van der Waals surface area (Å²) in [6.45, 7) is 6.03. The molecule has 1 amide bonds. The summed E-state index contributed by atoms with van der Waals surface area (Å²) in [5.41, 5.74) is 4.00. The summed E-state index contributed by atoms with van der Waals surface area (Å²) in [6, 6.07) is 22.4. The van der Waals surface area contributed by atoms with Crippen molar-refractivity contribution in [3.8, 4) is 0 Å². The molecule has 5 nitrogen and oxygen atoms in total. The number of thiazole rings is 1. The van der Waals surface area contributed by atoms with Gasteiger partial charge in [0.05, 0.1) is 21.8 Å². The zero-order valence-electron chi connectivity index (χ0n) is 20.7. The van der Waals surface area contributed by atoms with Crippen molar-refractivity contribution in [2.75, 3.05) is 5.32 Å². The molecule has 0 saturated heterocycles. The Balaban J connectivity index is 1.64. The fraction of sp³-hybridized carbons (Fsp3) is 0.167. The van der Waals surface area contributed by atoms with Gasteiger partial charge in [-0.2, -0.15) is 0 Å². The number of carbonyl (C=O) groups excluding carboxylic acids is 1. The van der Waals surface area contributed by atoms with Crippen LogP contribution in [0.5, 0.6) is 0 Å². The van der Waals surface area contributed by atoms with Gasteiger partial charge in [-0.1, -0.05) is 79.8 Å². The summed E-state index contributed by atoms with van der Waals surface area (Å²) in [7, 11) is 0. The van der Waals surface area contributed by atoms with Crippen molar-refractivity contribution >= 4 is 29.0 Å². The molecule has 1 unspecified atom stereocenters. The van der Waals surface area contributed by atoms with Gasteiger partial charge in [0.2, 0.25) is 0 Å². The van der Waals surface area contributed by atoms with E-state index in [1.54, 1.807) is 35.8 Å². The van der Waals surface area contributed by atoms with Crippen molar-refractivity contribution in [2.24, 2.45) is 4.99 Å². The number of para-hydroxylation sites is 1. The number of anilines is 1. The smallest absolute Gasteiger partial charge is 0.271 e. The van der Waals surface area contributed by atoms with Crippen molar-refractivity contribution in [2.45, 2.75) is 32.7 Å². The third-order valence-corrected chi connectivity index (χ3v) is 7.37. The predicted octanol–water partition coefficient (Wildman–Crippen LogP) is 5.14. The molecule has 7 heteroatoms. The monoisotopic (exact) mass is 511 g/mol. The average molecular weight is 512 g/mol. The highest BCUT2D eigenvalue weighted by atomic mass is 32.1. The van der Waals surface area contributed by atoms with E-state index in [0.717, 1.165) is 5.56 Å². The number of carbonyl (C=O) groups is 1. The first kappa shape index (κ1) is 24.6. The number of halogens is 1. The molecule has 1 atom stereocenters. The standard InChI is InChI=1S/C30H26FN3O2S/c1-18(2)21-11-9-20(10-12-21)17-25-29(36)34-27(22-13-15-23(31)16-14-22)26(19(3)32-30(34)37-25)28(35)33-24-7-5-4-6-8-24/h4-18,27H,1-3H3,(H,33,35)/b25-17-. The van der Waals surface area contributed by atoms with Gasteiger partial charge >= 0.3 is 0 Å². The van der Waals surface area contributed by atoms with E-state index in [9.17, 15) is 14.0 Å². The molecule has 37 heavy (non-hydrogen) atoms. The number of allylic oxidation sites excluding steroid dienone is 1. The van der Waals surface area contributed by atoms with E-state index in [4.69, 9.17) is 0 Å². The van der Waals surface area contributed by atoms with Gasteiger partial charge < -0.3 is 5.32 Å². The molecule has 2 heterocycles. The summed E-state index contributed by atoms with van der Waals surface area (Å²) in [5.74, 6) is -0.337. The summed E-state index contributed by atoms with van der Waals surface area (Å²) in [6.07, 6.45) is 1.85. The van der Waals surface area contributed by atoms with Crippen LogP contribution in [-0.4, -0.2) is 10.5 Å². The molecule has 0 saturated carbocycles. The first-order valence-corrected chi connectivity index (χ1v) is 12.9. The van der Waals surface area contributed by atoms with Crippen LogP contribution in [-0.2, 0) is 4.79 Å². The summed E-state index contributed by atoms with van der Waals surface area (Å²) < 4.78 is 15.8. The minimum atomic E-state index is -0.744. The normalized spacial score (nSPS) is 15.5. The third-order valence-electron chi connectivity index (χ3n) is 6.38. The molecule has 0 fully saturated rings. The van der Waals surface area contributed by atoms with Gasteiger partial charge in [-0.15, -0.1) is 0 Å². The SMILES string of the molecule is CC1=C(C(=O)Nc2ccccc2)C(c2ccc(F)cc2)n2c(s/c(=C\c3ccc(C(C)C)cc3)c2=O)=N1. The van der Waals surface area contributed by atoms with E-state index < -0.39 is 11.9 Å². The Kier molecular flexibility index (Phi) is 6.72. The number of nitrogens with zero attached hydrogens (tertiary/aromatic N) is 2. The topological polar surface area (TPSA) is 63.5 Å². The van der Waals surface area contributed by atoms with Gasteiger partial charge in [-0.3, -0.25) is 14.2 Å². The number of fused-ring (bicyclic) bond motifs is 1. The van der Waals surface area contributed by atoms with E-state index >= 15 is 0 Å². The fourth-order valence-corrected chi connectivity index (χ4v) is 5.47. The highest BCUT2D eigenvalue weighted by molar-refractivity contribution is 7.07. The summed E-state index contributed by atoms with van der Waals surface area (Å²) in [5, 5.41) is 2.91. The maximum absolute atomic E-state index is 13.8. The zero-order chi connectivity index (χ0) is 26.1. The Morgan fingerprint density at radius 2 is 1.70 bits per heavy atom. The molecule has 0 spiro atoms. The number of hydrogen-bond acceptors (Lipinski definition) is 4. The Morgan fingerprint density at radius 1 is 1.03 bits per heavy atom. The van der Waals surface area contributed by atoms with Crippen molar-refractivity contribution in [3.63, 3.8) is 0 Å². The molecular formula is C30H26FN3O2S. The molecule has 0 bridgehead atoms. The first-order valence-electron chi connectivity index (χ1n) is 12.1. The number of benzene rings is 3. The third kappa shape index (κ3) is 4.95. The highest BCUT2D eigenvalue weighted by Gasteiger charge is 2.32. The minimum absolute atomic E-state index is 0.247. The number of amides is 1. The van der Waals surface area contributed by atoms with E-state index in [-0.39, 0.29) is 11.5 Å². The van der Waals surface area contributed by atoms with Crippen LogP contribution in [0.15, 0.2) is 99.9 Å². The van der Waals surface area contributed by atoms with Crippen LogP contribution in [0.3, 0.4) is 0 Å². The van der Waals surface area contributed by atoms with Gasteiger partial charge in [0, 0.05) is 5.69 Å². The molecule has 1 aliphatic heterocycles. The maximum atomic E-state index is 13.8. The maximum Gasteiger partial charge on any atom is 0.271 e. The lowest BCUT2D eigenvalue weighted by Crippen LogP contribution is -2.40. The zero-order valence-corrected chi connectivity index (χ0v) is 21.6. The molecular weight excluding hydrogens is 485 g/mol. The van der Waals surface area contributed by atoms with Crippen molar-refractivity contribution in [1.82, 2.24) is 4.57 Å². The Bertz CT molecular complexity index is 1670. The number of nitrogens with one attached hydrogen (secondary N) is 1. The lowest BCUT2D eigenvalue weighted by atomic mass is 9.95. The predicted molar refractivity (Wildman–Crippen MR) is 146 cm³/mol. The largest absolute Gasteiger partial charge is 0.322 e. The molecule has 5 rings (SSSR count). The molecule has 4 aromatic rings. The van der Waals surface area contributed by atoms with E-state index in [1.807, 2.05) is 36.4 Å². The molecule has 0 radical (unpaired) electrons. The molecule has 0 aliphatic carbocycles. The van der Waals surface area contributed by atoms with E-state index in [1.165, 1.54) is 29.0 Å². The van der Waals surface area contributed by atoms with Crippen LogP contribution in [0, 0.1) is 5.82 Å². The number of rotatable bonds is 5. The molecule has 1 aromatic heterocycles. The number of aromatic nitrogens is 1. The fourth-order valence-electron chi connectivity index (χ4n) is 4.42. The minimum Gasteiger partial charge on any atom is -0.322 e. The van der Waals surface area contributed by atoms with Gasteiger partial charge in [-0.05, 0) is 59.9 Å². The molecule has 1 aliphatic rings. The van der Waals surface area contributed by atoms with Crippen LogP contribution in [0.1, 0.15) is 49.4 Å². The van der Waals surface area contributed by atoms with Crippen molar-refractivity contribution in [1.29, 1.82) is 0 Å². The van der Waals surface area contributed by atoms with E-state index in [2.05, 4.69) is 36.3 Å². The second-order valence-electron chi connectivity index (χ2n) is 9.27. The Labute approximate surface area is 218 Å². The average Bonchev–Trinajstić information content (AvgIpc) is 3.18. The Morgan fingerprint density at radius 3 is 2.35 bits per heavy atom.